The number of rotatable bonds is 3. The summed E-state index contributed by atoms with van der Waals surface area (Å²) in [6.45, 7) is 8.91. The molecular formula is C12H24N2. The molecule has 0 aromatic rings. The van der Waals surface area contributed by atoms with Gasteiger partial charge in [-0.3, -0.25) is 0 Å². The molecule has 0 saturated carbocycles. The van der Waals surface area contributed by atoms with Crippen LogP contribution in [0.1, 0.15) is 32.6 Å². The highest BCUT2D eigenvalue weighted by Gasteiger charge is 2.23. The SMILES string of the molecule is CCC1CCN(CC2CCCNC2)C1. The summed E-state index contributed by atoms with van der Waals surface area (Å²) < 4.78 is 0. The Bertz CT molecular complexity index is 164. The fourth-order valence-corrected chi connectivity index (χ4v) is 2.86. The van der Waals surface area contributed by atoms with Crippen molar-refractivity contribution < 1.29 is 0 Å². The van der Waals surface area contributed by atoms with Crippen LogP contribution in [0, 0.1) is 11.8 Å². The second-order valence-electron chi connectivity index (χ2n) is 5.03. The zero-order valence-corrected chi connectivity index (χ0v) is 9.47. The summed E-state index contributed by atoms with van der Waals surface area (Å²) in [4.78, 5) is 2.69. The van der Waals surface area contributed by atoms with Crippen molar-refractivity contribution in [1.29, 1.82) is 0 Å². The van der Waals surface area contributed by atoms with E-state index in [0.717, 1.165) is 11.8 Å². The van der Waals surface area contributed by atoms with Crippen LogP contribution in [0.3, 0.4) is 0 Å². The zero-order valence-electron chi connectivity index (χ0n) is 9.47. The number of nitrogens with zero attached hydrogens (tertiary/aromatic N) is 1. The Balaban J connectivity index is 1.69. The van der Waals surface area contributed by atoms with Crippen LogP contribution in [0.2, 0.25) is 0 Å². The van der Waals surface area contributed by atoms with Crippen LogP contribution >= 0.6 is 0 Å². The standard InChI is InChI=1S/C12H24N2/c1-2-11-5-7-14(9-11)10-12-4-3-6-13-8-12/h11-13H,2-10H2,1H3. The average Bonchev–Trinajstić information content (AvgIpc) is 2.67. The lowest BCUT2D eigenvalue weighted by Crippen LogP contribution is -2.37. The third kappa shape index (κ3) is 2.71. The molecule has 14 heavy (non-hydrogen) atoms. The number of hydrogen-bond donors (Lipinski definition) is 1. The highest BCUT2D eigenvalue weighted by atomic mass is 15.1. The van der Waals surface area contributed by atoms with E-state index in [9.17, 15) is 0 Å². The molecule has 0 radical (unpaired) electrons. The Morgan fingerprint density at radius 1 is 1.29 bits per heavy atom. The highest BCUT2D eigenvalue weighted by Crippen LogP contribution is 2.21. The van der Waals surface area contributed by atoms with Crippen molar-refractivity contribution in [3.8, 4) is 0 Å². The van der Waals surface area contributed by atoms with Crippen LogP contribution in [-0.2, 0) is 0 Å². The van der Waals surface area contributed by atoms with Crippen molar-refractivity contribution in [2.45, 2.75) is 32.6 Å². The molecule has 2 atom stereocenters. The minimum absolute atomic E-state index is 0.930. The summed E-state index contributed by atoms with van der Waals surface area (Å²) in [5, 5.41) is 3.51. The molecule has 2 nitrogen and oxygen atoms in total. The summed E-state index contributed by atoms with van der Waals surface area (Å²) >= 11 is 0. The Labute approximate surface area is 88.1 Å². The van der Waals surface area contributed by atoms with Gasteiger partial charge in [0.1, 0.15) is 0 Å². The van der Waals surface area contributed by atoms with Gasteiger partial charge in [0.2, 0.25) is 0 Å². The van der Waals surface area contributed by atoms with Crippen LogP contribution in [0.15, 0.2) is 0 Å². The van der Waals surface area contributed by atoms with E-state index in [1.807, 2.05) is 0 Å². The third-order valence-electron chi connectivity index (χ3n) is 3.86. The van der Waals surface area contributed by atoms with E-state index in [2.05, 4.69) is 17.1 Å². The van der Waals surface area contributed by atoms with Crippen LogP contribution in [0.4, 0.5) is 0 Å². The number of nitrogens with one attached hydrogen (secondary N) is 1. The average molecular weight is 196 g/mol. The van der Waals surface area contributed by atoms with E-state index in [1.54, 1.807) is 0 Å². The first kappa shape index (κ1) is 10.4. The minimum atomic E-state index is 0.930. The van der Waals surface area contributed by atoms with Crippen molar-refractivity contribution in [2.24, 2.45) is 11.8 Å². The third-order valence-corrected chi connectivity index (χ3v) is 3.86. The number of likely N-dealkylation sites (tertiary alicyclic amines) is 1. The second kappa shape index (κ2) is 5.13. The first-order valence-electron chi connectivity index (χ1n) is 6.31. The van der Waals surface area contributed by atoms with Crippen LogP contribution in [0.5, 0.6) is 0 Å². The summed E-state index contributed by atoms with van der Waals surface area (Å²) in [6.07, 6.45) is 5.64. The lowest BCUT2D eigenvalue weighted by molar-refractivity contribution is 0.237. The summed E-state index contributed by atoms with van der Waals surface area (Å²) in [5.74, 6) is 1.92. The fraction of sp³-hybridized carbons (Fsp3) is 1.00. The predicted octanol–water partition coefficient (Wildman–Crippen LogP) is 1.72. The molecule has 2 rings (SSSR count). The molecule has 0 aliphatic carbocycles. The van der Waals surface area contributed by atoms with Crippen LogP contribution in [-0.4, -0.2) is 37.6 Å². The van der Waals surface area contributed by atoms with E-state index in [4.69, 9.17) is 0 Å². The zero-order chi connectivity index (χ0) is 9.80. The Morgan fingerprint density at radius 3 is 2.86 bits per heavy atom. The lowest BCUT2D eigenvalue weighted by atomic mass is 9.99. The van der Waals surface area contributed by atoms with Gasteiger partial charge >= 0.3 is 0 Å². The predicted molar refractivity (Wildman–Crippen MR) is 60.4 cm³/mol. The summed E-state index contributed by atoms with van der Waals surface area (Å²) in [7, 11) is 0. The second-order valence-corrected chi connectivity index (χ2v) is 5.03. The molecular weight excluding hydrogens is 172 g/mol. The van der Waals surface area contributed by atoms with Gasteiger partial charge in [-0.25, -0.2) is 0 Å². The molecule has 0 aromatic carbocycles. The van der Waals surface area contributed by atoms with E-state index >= 15 is 0 Å². The molecule has 2 aliphatic heterocycles. The first-order chi connectivity index (χ1) is 6.88. The molecule has 1 N–H and O–H groups in total. The monoisotopic (exact) mass is 196 g/mol. The van der Waals surface area contributed by atoms with Gasteiger partial charge in [-0.1, -0.05) is 13.3 Å². The first-order valence-corrected chi connectivity index (χ1v) is 6.31. The van der Waals surface area contributed by atoms with E-state index in [-0.39, 0.29) is 0 Å². The van der Waals surface area contributed by atoms with Gasteiger partial charge in [-0.2, -0.15) is 0 Å². The van der Waals surface area contributed by atoms with Gasteiger partial charge in [-0.15, -0.1) is 0 Å². The van der Waals surface area contributed by atoms with Crippen molar-refractivity contribution in [3.63, 3.8) is 0 Å². The lowest BCUT2D eigenvalue weighted by Gasteiger charge is -2.27. The molecule has 0 amide bonds. The largest absolute Gasteiger partial charge is 0.316 e. The molecule has 82 valence electrons. The molecule has 0 aromatic heterocycles. The summed E-state index contributed by atoms with van der Waals surface area (Å²) in [6, 6.07) is 0. The summed E-state index contributed by atoms with van der Waals surface area (Å²) in [5.41, 5.74) is 0. The maximum absolute atomic E-state index is 3.51. The Morgan fingerprint density at radius 2 is 2.21 bits per heavy atom. The van der Waals surface area contributed by atoms with Gasteiger partial charge in [0.15, 0.2) is 0 Å². The topological polar surface area (TPSA) is 15.3 Å². The number of hydrogen-bond acceptors (Lipinski definition) is 2. The smallest absolute Gasteiger partial charge is 0.00219 e. The van der Waals surface area contributed by atoms with E-state index in [0.29, 0.717) is 0 Å². The molecule has 0 bridgehead atoms. The van der Waals surface area contributed by atoms with Gasteiger partial charge in [0.05, 0.1) is 0 Å². The van der Waals surface area contributed by atoms with Crippen molar-refractivity contribution in [3.05, 3.63) is 0 Å². The van der Waals surface area contributed by atoms with Gasteiger partial charge in [0.25, 0.3) is 0 Å². The quantitative estimate of drug-likeness (QED) is 0.739. The van der Waals surface area contributed by atoms with Crippen LogP contribution in [0.25, 0.3) is 0 Å². The van der Waals surface area contributed by atoms with Crippen molar-refractivity contribution >= 4 is 0 Å². The van der Waals surface area contributed by atoms with Crippen LogP contribution < -0.4 is 5.32 Å². The maximum atomic E-state index is 3.51. The van der Waals surface area contributed by atoms with E-state index < -0.39 is 0 Å². The fourth-order valence-electron chi connectivity index (χ4n) is 2.86. The maximum Gasteiger partial charge on any atom is 0.00219 e. The Hall–Kier alpha value is -0.0800. The number of piperidine rings is 1. The van der Waals surface area contributed by atoms with Gasteiger partial charge in [0, 0.05) is 13.1 Å². The Kier molecular flexibility index (Phi) is 3.82. The molecule has 2 unspecified atom stereocenters. The molecule has 2 aliphatic rings. The van der Waals surface area contributed by atoms with Crippen molar-refractivity contribution in [1.82, 2.24) is 10.2 Å². The minimum Gasteiger partial charge on any atom is -0.316 e. The van der Waals surface area contributed by atoms with Gasteiger partial charge in [-0.05, 0) is 50.7 Å². The molecule has 2 heteroatoms. The molecule has 2 fully saturated rings. The molecule has 2 heterocycles. The molecule has 2 saturated heterocycles. The van der Waals surface area contributed by atoms with Crippen molar-refractivity contribution in [2.75, 3.05) is 32.7 Å². The molecule has 0 spiro atoms. The van der Waals surface area contributed by atoms with E-state index in [1.165, 1.54) is 58.4 Å². The highest BCUT2D eigenvalue weighted by molar-refractivity contribution is 4.79. The van der Waals surface area contributed by atoms with Gasteiger partial charge < -0.3 is 10.2 Å². The normalized spacial score (nSPS) is 34.9.